The van der Waals surface area contributed by atoms with E-state index < -0.39 is 36.1 Å². The number of nitrogens with zero attached hydrogens (tertiary/aromatic N) is 2. The van der Waals surface area contributed by atoms with Crippen LogP contribution in [0.3, 0.4) is 0 Å². The lowest BCUT2D eigenvalue weighted by atomic mass is 10.1. The number of aromatic amines is 1. The molecule has 3 rings (SSSR count). The number of H-pyrrole nitrogens is 1. The maximum atomic E-state index is 12.2. The van der Waals surface area contributed by atoms with Crippen LogP contribution in [0.25, 0.3) is 11.0 Å². The summed E-state index contributed by atoms with van der Waals surface area (Å²) >= 11 is 3.14. The van der Waals surface area contributed by atoms with Crippen molar-refractivity contribution in [2.75, 3.05) is 5.73 Å². The smallest absolute Gasteiger partial charge is 0.353 e. The van der Waals surface area contributed by atoms with Gasteiger partial charge in [0.05, 0.1) is 21.7 Å². The average molecular weight is 388 g/mol. The van der Waals surface area contributed by atoms with Gasteiger partial charge in [-0.05, 0) is 22.9 Å². The Balaban J connectivity index is 2.33. The number of aliphatic hydroxyl groups is 2. The highest BCUT2D eigenvalue weighted by molar-refractivity contribution is 9.10. The molecule has 23 heavy (non-hydrogen) atoms. The number of aromatic nitrogens is 3. The van der Waals surface area contributed by atoms with Gasteiger partial charge in [-0.25, -0.2) is 9.36 Å². The van der Waals surface area contributed by atoms with E-state index in [1.54, 1.807) is 6.92 Å². The summed E-state index contributed by atoms with van der Waals surface area (Å²) in [5, 5.41) is 20.1. The second kappa shape index (κ2) is 5.30. The zero-order valence-corrected chi connectivity index (χ0v) is 13.4. The molecule has 11 heteroatoms. The third kappa shape index (κ3) is 2.24. The molecule has 0 bridgehead atoms. The van der Waals surface area contributed by atoms with E-state index in [1.807, 2.05) is 0 Å². The summed E-state index contributed by atoms with van der Waals surface area (Å²) in [6.45, 7) is 1.56. The Morgan fingerprint density at radius 3 is 2.61 bits per heavy atom. The lowest BCUT2D eigenvalue weighted by Gasteiger charge is -2.18. The largest absolute Gasteiger partial charge is 0.388 e. The molecule has 0 saturated carbocycles. The Kier molecular flexibility index (Phi) is 3.67. The summed E-state index contributed by atoms with van der Waals surface area (Å²) in [5.74, 6) is -0.957. The molecular formula is C12H14BrN5O5. The molecular weight excluding hydrogens is 374 g/mol. The molecule has 1 amide bonds. The van der Waals surface area contributed by atoms with Gasteiger partial charge in [0.15, 0.2) is 6.23 Å². The Labute approximate surface area is 137 Å². The zero-order chi connectivity index (χ0) is 17.0. The number of anilines is 1. The molecule has 1 aliphatic rings. The standard InChI is InChI=1S/C12H14BrN5O5/c1-2-5(19)6(20)11(23-2)18-10-4(8(14)17-12(18)22)3(9(15)21)7(13)16-10/h2,5-6,11,16,19-20H,1H3,(H2,15,21)(H2,14,17,22)/t2-,5-,6+,11-/m0/s1. The summed E-state index contributed by atoms with van der Waals surface area (Å²) in [6.07, 6.45) is -4.40. The van der Waals surface area contributed by atoms with Gasteiger partial charge in [0, 0.05) is 0 Å². The second-order valence-corrected chi connectivity index (χ2v) is 6.06. The van der Waals surface area contributed by atoms with Crippen LogP contribution in [-0.2, 0) is 4.74 Å². The van der Waals surface area contributed by atoms with Crippen LogP contribution in [0.1, 0.15) is 23.5 Å². The molecule has 1 aliphatic heterocycles. The lowest BCUT2D eigenvalue weighted by Crippen LogP contribution is -2.36. The van der Waals surface area contributed by atoms with Crippen LogP contribution in [0.15, 0.2) is 9.40 Å². The molecule has 0 aromatic carbocycles. The Morgan fingerprint density at radius 1 is 1.43 bits per heavy atom. The number of carbonyl (C=O) groups excluding carboxylic acids is 1. The molecule has 1 saturated heterocycles. The normalized spacial score (nSPS) is 27.7. The van der Waals surface area contributed by atoms with Gasteiger partial charge in [0.2, 0.25) is 0 Å². The number of halogens is 1. The van der Waals surface area contributed by atoms with Gasteiger partial charge in [0.25, 0.3) is 5.91 Å². The summed E-state index contributed by atoms with van der Waals surface area (Å²) in [6, 6.07) is 0. The van der Waals surface area contributed by atoms with Crippen LogP contribution in [0.5, 0.6) is 0 Å². The lowest BCUT2D eigenvalue weighted by molar-refractivity contribution is -0.0323. The van der Waals surface area contributed by atoms with Crippen molar-refractivity contribution < 1.29 is 19.7 Å². The highest BCUT2D eigenvalue weighted by Crippen LogP contribution is 2.34. The van der Waals surface area contributed by atoms with Crippen molar-refractivity contribution >= 4 is 38.7 Å². The van der Waals surface area contributed by atoms with Crippen molar-refractivity contribution in [1.29, 1.82) is 0 Å². The number of nitrogens with one attached hydrogen (secondary N) is 1. The third-order valence-electron chi connectivity index (χ3n) is 3.83. The minimum Gasteiger partial charge on any atom is -0.388 e. The Hall–Kier alpha value is -1.95. The average Bonchev–Trinajstić information content (AvgIpc) is 2.92. The van der Waals surface area contributed by atoms with E-state index in [-0.39, 0.29) is 27.0 Å². The fourth-order valence-corrected chi connectivity index (χ4v) is 3.29. The summed E-state index contributed by atoms with van der Waals surface area (Å²) in [4.78, 5) is 30.3. The first-order valence-corrected chi connectivity index (χ1v) is 7.44. The van der Waals surface area contributed by atoms with Crippen molar-refractivity contribution in [3.05, 3.63) is 20.7 Å². The quantitative estimate of drug-likeness (QED) is 0.431. The summed E-state index contributed by atoms with van der Waals surface area (Å²) < 4.78 is 6.66. The van der Waals surface area contributed by atoms with Crippen molar-refractivity contribution in [2.45, 2.75) is 31.5 Å². The van der Waals surface area contributed by atoms with Crippen LogP contribution < -0.4 is 17.2 Å². The van der Waals surface area contributed by atoms with E-state index in [9.17, 15) is 19.8 Å². The predicted octanol–water partition coefficient (Wildman–Crippen LogP) is -1.19. The van der Waals surface area contributed by atoms with Crippen LogP contribution in [0.4, 0.5) is 5.82 Å². The van der Waals surface area contributed by atoms with E-state index in [2.05, 4.69) is 25.9 Å². The number of nitrogens with two attached hydrogens (primary N) is 2. The number of hydrogen-bond donors (Lipinski definition) is 5. The van der Waals surface area contributed by atoms with Gasteiger partial charge >= 0.3 is 5.69 Å². The minimum absolute atomic E-state index is 0.0276. The predicted molar refractivity (Wildman–Crippen MR) is 82.6 cm³/mol. The second-order valence-electron chi connectivity index (χ2n) is 5.26. The van der Waals surface area contributed by atoms with Crippen LogP contribution in [-0.4, -0.2) is 49.0 Å². The number of aliphatic hydroxyl groups excluding tert-OH is 2. The fraction of sp³-hybridized carbons (Fsp3) is 0.417. The molecule has 0 aliphatic carbocycles. The number of carbonyl (C=O) groups is 1. The first-order chi connectivity index (χ1) is 10.7. The van der Waals surface area contributed by atoms with Crippen LogP contribution in [0.2, 0.25) is 0 Å². The first kappa shape index (κ1) is 15.9. The van der Waals surface area contributed by atoms with Gasteiger partial charge in [-0.15, -0.1) is 0 Å². The molecule has 2 aromatic heterocycles. The van der Waals surface area contributed by atoms with E-state index in [4.69, 9.17) is 16.2 Å². The maximum absolute atomic E-state index is 12.2. The summed E-state index contributed by atoms with van der Waals surface area (Å²) in [7, 11) is 0. The SMILES string of the molecule is C[C@@H]1O[C@H](n2c(=O)nc(N)c3c(C(N)=O)c(Br)[nH]c32)[C@H](O)[C@H]1O. The van der Waals surface area contributed by atoms with Crippen LogP contribution >= 0.6 is 15.9 Å². The number of ether oxygens (including phenoxy) is 1. The first-order valence-electron chi connectivity index (χ1n) is 6.64. The van der Waals surface area contributed by atoms with E-state index in [0.29, 0.717) is 0 Å². The van der Waals surface area contributed by atoms with Crippen molar-refractivity contribution in [1.82, 2.24) is 14.5 Å². The highest BCUT2D eigenvalue weighted by atomic mass is 79.9. The van der Waals surface area contributed by atoms with E-state index >= 15 is 0 Å². The molecule has 0 spiro atoms. The maximum Gasteiger partial charge on any atom is 0.353 e. The number of amides is 1. The fourth-order valence-electron chi connectivity index (χ4n) is 2.70. The third-order valence-corrected chi connectivity index (χ3v) is 4.43. The number of rotatable bonds is 2. The molecule has 7 N–H and O–H groups in total. The zero-order valence-electron chi connectivity index (χ0n) is 11.9. The number of primary amides is 1. The Morgan fingerprint density at radius 2 is 2.09 bits per heavy atom. The molecule has 0 radical (unpaired) electrons. The van der Waals surface area contributed by atoms with E-state index in [1.165, 1.54) is 0 Å². The van der Waals surface area contributed by atoms with E-state index in [0.717, 1.165) is 4.57 Å². The highest BCUT2D eigenvalue weighted by Gasteiger charge is 2.43. The molecule has 124 valence electrons. The molecule has 2 aromatic rings. The van der Waals surface area contributed by atoms with Crippen molar-refractivity contribution in [3.8, 4) is 0 Å². The van der Waals surface area contributed by atoms with Gasteiger partial charge < -0.3 is 31.4 Å². The minimum atomic E-state index is -1.35. The van der Waals surface area contributed by atoms with Gasteiger partial charge in [-0.1, -0.05) is 0 Å². The molecule has 4 atom stereocenters. The van der Waals surface area contributed by atoms with Gasteiger partial charge in [-0.2, -0.15) is 4.98 Å². The number of nitrogen functional groups attached to an aromatic ring is 1. The van der Waals surface area contributed by atoms with Crippen LogP contribution in [0, 0.1) is 0 Å². The topological polar surface area (TPSA) is 169 Å². The molecule has 1 fully saturated rings. The number of fused-ring (bicyclic) bond motifs is 1. The van der Waals surface area contributed by atoms with Gasteiger partial charge in [0.1, 0.15) is 23.7 Å². The molecule has 3 heterocycles. The van der Waals surface area contributed by atoms with Crippen molar-refractivity contribution in [3.63, 3.8) is 0 Å². The monoisotopic (exact) mass is 387 g/mol. The molecule has 0 unspecified atom stereocenters. The van der Waals surface area contributed by atoms with Gasteiger partial charge in [-0.3, -0.25) is 4.79 Å². The van der Waals surface area contributed by atoms with Crippen molar-refractivity contribution in [2.24, 2.45) is 5.73 Å². The molecule has 10 nitrogen and oxygen atoms in total. The number of hydrogen-bond acceptors (Lipinski definition) is 7. The Bertz CT molecular complexity index is 862. The summed E-state index contributed by atoms with van der Waals surface area (Å²) in [5.41, 5.74) is 10.4.